The van der Waals surface area contributed by atoms with E-state index in [0.717, 1.165) is 0 Å². The number of carbonyl (C=O) groups is 1. The van der Waals surface area contributed by atoms with Crippen LogP contribution in [0.1, 0.15) is 12.6 Å². The number of hydrogen-bond acceptors (Lipinski definition) is 4. The highest BCUT2D eigenvalue weighted by molar-refractivity contribution is 5.72. The van der Waals surface area contributed by atoms with Crippen LogP contribution in [0.25, 0.3) is 0 Å². The number of nitrogens with two attached hydrogens (primary N) is 1. The molecule has 3 N–H and O–H groups in total. The number of anilines is 1. The standard InChI is InChI=1S/C7H11N3O2/c1-2-12-7(11)4-5-3-6(8)10-9-5/h3H,2,4H2,1H3,(H3,8,9,10). The minimum atomic E-state index is -0.288. The van der Waals surface area contributed by atoms with Crippen molar-refractivity contribution in [3.8, 4) is 0 Å². The lowest BCUT2D eigenvalue weighted by atomic mass is 10.3. The molecule has 0 bridgehead atoms. The zero-order valence-electron chi connectivity index (χ0n) is 6.83. The van der Waals surface area contributed by atoms with Gasteiger partial charge in [0, 0.05) is 6.07 Å². The molecule has 1 heterocycles. The van der Waals surface area contributed by atoms with Crippen molar-refractivity contribution < 1.29 is 9.53 Å². The third-order valence-corrected chi connectivity index (χ3v) is 1.28. The summed E-state index contributed by atoms with van der Waals surface area (Å²) >= 11 is 0. The Morgan fingerprint density at radius 3 is 3.08 bits per heavy atom. The number of ether oxygens (including phenoxy) is 1. The average molecular weight is 169 g/mol. The maximum atomic E-state index is 10.9. The molecule has 12 heavy (non-hydrogen) atoms. The van der Waals surface area contributed by atoms with Gasteiger partial charge in [-0.3, -0.25) is 9.89 Å². The Kier molecular flexibility index (Phi) is 2.68. The number of aromatic nitrogens is 2. The summed E-state index contributed by atoms with van der Waals surface area (Å²) in [5.74, 6) is 0.165. The van der Waals surface area contributed by atoms with Crippen LogP contribution in [-0.2, 0) is 16.0 Å². The van der Waals surface area contributed by atoms with Crippen LogP contribution in [0.2, 0.25) is 0 Å². The summed E-state index contributed by atoms with van der Waals surface area (Å²) in [6.07, 6.45) is 0.168. The summed E-state index contributed by atoms with van der Waals surface area (Å²) < 4.78 is 4.72. The van der Waals surface area contributed by atoms with Crippen molar-refractivity contribution in [3.63, 3.8) is 0 Å². The molecule has 5 heteroatoms. The number of nitrogens with zero attached hydrogens (tertiary/aromatic N) is 1. The highest BCUT2D eigenvalue weighted by Gasteiger charge is 2.05. The summed E-state index contributed by atoms with van der Waals surface area (Å²) in [4.78, 5) is 10.9. The van der Waals surface area contributed by atoms with Crippen molar-refractivity contribution in [3.05, 3.63) is 11.8 Å². The van der Waals surface area contributed by atoms with Crippen LogP contribution in [0.5, 0.6) is 0 Å². The number of carbonyl (C=O) groups excluding carboxylic acids is 1. The van der Waals surface area contributed by atoms with Gasteiger partial charge in [0.15, 0.2) is 0 Å². The molecule has 5 nitrogen and oxygen atoms in total. The molecule has 1 aromatic heterocycles. The quantitative estimate of drug-likeness (QED) is 0.628. The molecule has 1 aromatic rings. The van der Waals surface area contributed by atoms with E-state index in [9.17, 15) is 4.79 Å². The molecule has 0 aliphatic carbocycles. The lowest BCUT2D eigenvalue weighted by molar-refractivity contribution is -0.142. The Morgan fingerprint density at radius 2 is 2.58 bits per heavy atom. The minimum Gasteiger partial charge on any atom is -0.466 e. The van der Waals surface area contributed by atoms with E-state index in [4.69, 9.17) is 10.5 Å². The molecule has 0 radical (unpaired) electrons. The molecule has 0 aliphatic heterocycles. The van der Waals surface area contributed by atoms with Gasteiger partial charge >= 0.3 is 5.97 Å². The molecule has 0 spiro atoms. The van der Waals surface area contributed by atoms with E-state index in [1.165, 1.54) is 0 Å². The van der Waals surface area contributed by atoms with Crippen LogP contribution in [0, 0.1) is 0 Å². The van der Waals surface area contributed by atoms with E-state index in [0.29, 0.717) is 18.1 Å². The van der Waals surface area contributed by atoms with Crippen molar-refractivity contribution >= 4 is 11.8 Å². The van der Waals surface area contributed by atoms with Crippen molar-refractivity contribution in [1.29, 1.82) is 0 Å². The Labute approximate surface area is 69.9 Å². The van der Waals surface area contributed by atoms with Crippen LogP contribution in [-0.4, -0.2) is 22.8 Å². The molecule has 1 rings (SSSR count). The molecule has 66 valence electrons. The fourth-order valence-electron chi connectivity index (χ4n) is 0.831. The fraction of sp³-hybridized carbons (Fsp3) is 0.429. The summed E-state index contributed by atoms with van der Waals surface area (Å²) in [5, 5.41) is 6.32. The van der Waals surface area contributed by atoms with Gasteiger partial charge in [0.1, 0.15) is 5.82 Å². The maximum absolute atomic E-state index is 10.9. The lowest BCUT2D eigenvalue weighted by Gasteiger charge is -1.97. The molecule has 0 atom stereocenters. The number of esters is 1. The van der Waals surface area contributed by atoms with Crippen molar-refractivity contribution in [2.24, 2.45) is 0 Å². The number of hydrogen-bond donors (Lipinski definition) is 2. The van der Waals surface area contributed by atoms with Crippen molar-refractivity contribution in [1.82, 2.24) is 10.2 Å². The van der Waals surface area contributed by atoms with Gasteiger partial charge in [-0.05, 0) is 6.92 Å². The number of H-pyrrole nitrogens is 1. The normalized spacial score (nSPS) is 9.75. The van der Waals surface area contributed by atoms with Gasteiger partial charge in [-0.15, -0.1) is 0 Å². The monoisotopic (exact) mass is 169 g/mol. The van der Waals surface area contributed by atoms with E-state index in [2.05, 4.69) is 10.2 Å². The lowest BCUT2D eigenvalue weighted by Crippen LogP contribution is -2.07. The van der Waals surface area contributed by atoms with Gasteiger partial charge in [-0.25, -0.2) is 0 Å². The third-order valence-electron chi connectivity index (χ3n) is 1.28. The zero-order chi connectivity index (χ0) is 8.97. The zero-order valence-corrected chi connectivity index (χ0v) is 6.83. The summed E-state index contributed by atoms with van der Waals surface area (Å²) in [6, 6.07) is 1.61. The Morgan fingerprint density at radius 1 is 1.83 bits per heavy atom. The second kappa shape index (κ2) is 3.75. The van der Waals surface area contributed by atoms with Crippen molar-refractivity contribution in [2.75, 3.05) is 12.3 Å². The van der Waals surface area contributed by atoms with E-state index >= 15 is 0 Å². The van der Waals surface area contributed by atoms with E-state index < -0.39 is 0 Å². The number of rotatable bonds is 3. The topological polar surface area (TPSA) is 81.0 Å². The largest absolute Gasteiger partial charge is 0.466 e. The van der Waals surface area contributed by atoms with Crippen LogP contribution in [0.4, 0.5) is 5.82 Å². The molecule has 0 saturated carbocycles. The van der Waals surface area contributed by atoms with Gasteiger partial charge in [-0.2, -0.15) is 5.10 Å². The SMILES string of the molecule is CCOC(=O)Cc1cc(N)[nH]n1. The summed E-state index contributed by atoms with van der Waals surface area (Å²) in [6.45, 7) is 2.15. The molecule has 0 aliphatic rings. The summed E-state index contributed by atoms with van der Waals surface area (Å²) in [5.41, 5.74) is 5.96. The highest BCUT2D eigenvalue weighted by atomic mass is 16.5. The first-order chi connectivity index (χ1) is 5.72. The van der Waals surface area contributed by atoms with Crippen LogP contribution in [0.15, 0.2) is 6.07 Å². The first-order valence-corrected chi connectivity index (χ1v) is 3.67. The smallest absolute Gasteiger partial charge is 0.311 e. The summed E-state index contributed by atoms with van der Waals surface area (Å²) in [7, 11) is 0. The van der Waals surface area contributed by atoms with E-state index in [1.54, 1.807) is 13.0 Å². The van der Waals surface area contributed by atoms with Gasteiger partial charge < -0.3 is 10.5 Å². The Hall–Kier alpha value is -1.52. The predicted octanol–water partition coefficient (Wildman–Crippen LogP) is 0.0975. The van der Waals surface area contributed by atoms with Gasteiger partial charge in [-0.1, -0.05) is 0 Å². The highest BCUT2D eigenvalue weighted by Crippen LogP contribution is 2.01. The maximum Gasteiger partial charge on any atom is 0.311 e. The molecule has 0 saturated heterocycles. The van der Waals surface area contributed by atoms with E-state index in [-0.39, 0.29) is 12.4 Å². The molecule has 0 amide bonds. The molecule has 0 unspecified atom stereocenters. The third kappa shape index (κ3) is 2.26. The second-order valence-electron chi connectivity index (χ2n) is 2.30. The fourth-order valence-corrected chi connectivity index (χ4v) is 0.831. The molecular formula is C7H11N3O2. The second-order valence-corrected chi connectivity index (χ2v) is 2.30. The first kappa shape index (κ1) is 8.58. The Balaban J connectivity index is 2.46. The first-order valence-electron chi connectivity index (χ1n) is 3.67. The van der Waals surface area contributed by atoms with Crippen LogP contribution < -0.4 is 5.73 Å². The number of aromatic amines is 1. The van der Waals surface area contributed by atoms with Gasteiger partial charge in [0.05, 0.1) is 18.7 Å². The van der Waals surface area contributed by atoms with Gasteiger partial charge in [0.25, 0.3) is 0 Å². The molecular weight excluding hydrogens is 158 g/mol. The Bertz CT molecular complexity index is 269. The molecule has 0 aromatic carbocycles. The van der Waals surface area contributed by atoms with Gasteiger partial charge in [0.2, 0.25) is 0 Å². The van der Waals surface area contributed by atoms with E-state index in [1.807, 2.05) is 0 Å². The van der Waals surface area contributed by atoms with Crippen LogP contribution in [0.3, 0.4) is 0 Å². The molecule has 0 fully saturated rings. The van der Waals surface area contributed by atoms with Crippen molar-refractivity contribution in [2.45, 2.75) is 13.3 Å². The number of nitrogens with one attached hydrogen (secondary N) is 1. The average Bonchev–Trinajstić information content (AvgIpc) is 2.36. The van der Waals surface area contributed by atoms with Crippen LogP contribution >= 0.6 is 0 Å². The predicted molar refractivity (Wildman–Crippen MR) is 43.3 cm³/mol. The minimum absolute atomic E-state index is 0.168. The number of nitrogen functional groups attached to an aromatic ring is 1.